The summed E-state index contributed by atoms with van der Waals surface area (Å²) in [6.07, 6.45) is 1.13. The number of nitrogens with one attached hydrogen (secondary N) is 1. The molecule has 0 bridgehead atoms. The second-order valence-corrected chi connectivity index (χ2v) is 6.32. The maximum atomic E-state index is 5.39. The number of hydrogen-bond donors (Lipinski definition) is 1. The third kappa shape index (κ3) is 4.05. The van der Waals surface area contributed by atoms with Crippen LogP contribution >= 0.6 is 0 Å². The molecule has 1 aromatic rings. The summed E-state index contributed by atoms with van der Waals surface area (Å²) in [5.74, 6) is 0. The third-order valence-corrected chi connectivity index (χ3v) is 4.16. The van der Waals surface area contributed by atoms with Gasteiger partial charge in [0.1, 0.15) is 0 Å². The second kappa shape index (κ2) is 7.21. The van der Waals surface area contributed by atoms with Gasteiger partial charge in [0.05, 0.1) is 6.61 Å². The first-order valence-corrected chi connectivity index (χ1v) is 7.64. The van der Waals surface area contributed by atoms with E-state index in [0.717, 1.165) is 32.7 Å². The molecular formula is C17H28N2O. The molecule has 0 saturated carbocycles. The van der Waals surface area contributed by atoms with E-state index in [-0.39, 0.29) is 5.41 Å². The van der Waals surface area contributed by atoms with Gasteiger partial charge in [-0.2, -0.15) is 0 Å². The number of ether oxygens (including phenoxy) is 1. The van der Waals surface area contributed by atoms with Crippen LogP contribution < -0.4 is 5.32 Å². The zero-order valence-electron chi connectivity index (χ0n) is 13.1. The van der Waals surface area contributed by atoms with Crippen molar-refractivity contribution in [3.8, 4) is 0 Å². The maximum Gasteiger partial charge on any atom is 0.0553 e. The fraction of sp³-hybridized carbons (Fsp3) is 0.647. The molecule has 3 nitrogen and oxygen atoms in total. The highest BCUT2D eigenvalue weighted by molar-refractivity contribution is 5.33. The number of benzene rings is 1. The Morgan fingerprint density at radius 2 is 1.90 bits per heavy atom. The van der Waals surface area contributed by atoms with Gasteiger partial charge >= 0.3 is 0 Å². The van der Waals surface area contributed by atoms with E-state index in [2.05, 4.69) is 48.3 Å². The van der Waals surface area contributed by atoms with E-state index in [0.29, 0.717) is 0 Å². The summed E-state index contributed by atoms with van der Waals surface area (Å²) in [7, 11) is 1.78. The monoisotopic (exact) mass is 276 g/mol. The van der Waals surface area contributed by atoms with Gasteiger partial charge < -0.3 is 15.0 Å². The van der Waals surface area contributed by atoms with Crippen LogP contribution in [0.25, 0.3) is 0 Å². The van der Waals surface area contributed by atoms with Gasteiger partial charge in [-0.05, 0) is 17.5 Å². The average molecular weight is 276 g/mol. The van der Waals surface area contributed by atoms with Gasteiger partial charge in [-0.25, -0.2) is 0 Å². The lowest BCUT2D eigenvalue weighted by molar-refractivity contribution is 0.146. The molecule has 1 heterocycles. The van der Waals surface area contributed by atoms with Gasteiger partial charge in [0.25, 0.3) is 0 Å². The topological polar surface area (TPSA) is 24.5 Å². The quantitative estimate of drug-likeness (QED) is 0.861. The van der Waals surface area contributed by atoms with Crippen molar-refractivity contribution in [3.63, 3.8) is 0 Å². The van der Waals surface area contributed by atoms with Crippen LogP contribution in [0.5, 0.6) is 0 Å². The van der Waals surface area contributed by atoms with Gasteiger partial charge in [0.15, 0.2) is 0 Å². The Labute approximate surface area is 123 Å². The minimum absolute atomic E-state index is 0.0782. The zero-order chi connectivity index (χ0) is 14.4. The smallest absolute Gasteiger partial charge is 0.0553 e. The number of hydrogen-bond acceptors (Lipinski definition) is 3. The van der Waals surface area contributed by atoms with Crippen LogP contribution in [0.1, 0.15) is 25.0 Å². The van der Waals surface area contributed by atoms with E-state index in [9.17, 15) is 0 Å². The van der Waals surface area contributed by atoms with Crippen molar-refractivity contribution in [2.45, 2.75) is 25.7 Å². The first-order valence-electron chi connectivity index (χ1n) is 7.64. The van der Waals surface area contributed by atoms with Crippen LogP contribution in [-0.2, 0) is 16.6 Å². The van der Waals surface area contributed by atoms with E-state index in [1.165, 1.54) is 24.2 Å². The Morgan fingerprint density at radius 3 is 2.60 bits per heavy atom. The zero-order valence-corrected chi connectivity index (χ0v) is 13.1. The number of nitrogens with zero attached hydrogens (tertiary/aromatic N) is 1. The molecule has 1 aromatic carbocycles. The molecule has 112 valence electrons. The highest BCUT2D eigenvalue weighted by atomic mass is 16.5. The number of piperazine rings is 1. The van der Waals surface area contributed by atoms with Crippen molar-refractivity contribution >= 4 is 0 Å². The molecule has 0 radical (unpaired) electrons. The Morgan fingerprint density at radius 1 is 1.20 bits per heavy atom. The van der Waals surface area contributed by atoms with Crippen molar-refractivity contribution in [1.82, 2.24) is 10.2 Å². The Hall–Kier alpha value is -0.900. The van der Waals surface area contributed by atoms with Crippen LogP contribution in [0.15, 0.2) is 24.3 Å². The lowest BCUT2D eigenvalue weighted by Gasteiger charge is -2.30. The van der Waals surface area contributed by atoms with Gasteiger partial charge in [-0.1, -0.05) is 38.1 Å². The lowest BCUT2D eigenvalue weighted by Crippen LogP contribution is -2.44. The Balaban J connectivity index is 2.03. The molecule has 0 amide bonds. The van der Waals surface area contributed by atoms with Crippen molar-refractivity contribution in [2.24, 2.45) is 0 Å². The largest absolute Gasteiger partial charge is 0.384 e. The van der Waals surface area contributed by atoms with Crippen LogP contribution in [0.2, 0.25) is 0 Å². The number of rotatable bonds is 6. The standard InChI is InChI=1S/C17H28N2O/c1-17(2,14-20-3)16-7-5-4-6-15(16)8-11-19-12-9-18-10-13-19/h4-7,18H,8-14H2,1-3H3. The highest BCUT2D eigenvalue weighted by Crippen LogP contribution is 2.27. The van der Waals surface area contributed by atoms with Gasteiger partial charge in [-0.15, -0.1) is 0 Å². The van der Waals surface area contributed by atoms with Gasteiger partial charge in [0.2, 0.25) is 0 Å². The fourth-order valence-corrected chi connectivity index (χ4v) is 3.05. The first kappa shape index (κ1) is 15.5. The molecule has 2 rings (SSSR count). The number of methoxy groups -OCH3 is 1. The van der Waals surface area contributed by atoms with E-state index in [1.807, 2.05) is 0 Å². The highest BCUT2D eigenvalue weighted by Gasteiger charge is 2.23. The first-order chi connectivity index (χ1) is 9.63. The summed E-state index contributed by atoms with van der Waals surface area (Å²) in [5, 5.41) is 3.41. The summed E-state index contributed by atoms with van der Waals surface area (Å²) in [6, 6.07) is 8.82. The molecule has 1 aliphatic rings. The van der Waals surface area contributed by atoms with Crippen molar-refractivity contribution in [3.05, 3.63) is 35.4 Å². The van der Waals surface area contributed by atoms with E-state index >= 15 is 0 Å². The van der Waals surface area contributed by atoms with Crippen LogP contribution in [-0.4, -0.2) is 51.3 Å². The van der Waals surface area contributed by atoms with Crippen LogP contribution in [0.4, 0.5) is 0 Å². The minimum atomic E-state index is 0.0782. The van der Waals surface area contributed by atoms with Crippen molar-refractivity contribution < 1.29 is 4.74 Å². The predicted octanol–water partition coefficient (Wildman–Crippen LogP) is 2.06. The summed E-state index contributed by atoms with van der Waals surface area (Å²) in [5.41, 5.74) is 2.97. The molecule has 1 N–H and O–H groups in total. The lowest BCUT2D eigenvalue weighted by atomic mass is 9.81. The Kier molecular flexibility index (Phi) is 5.58. The van der Waals surface area contributed by atoms with E-state index < -0.39 is 0 Å². The van der Waals surface area contributed by atoms with Crippen molar-refractivity contribution in [1.29, 1.82) is 0 Å². The molecular weight excluding hydrogens is 248 g/mol. The SMILES string of the molecule is COCC(C)(C)c1ccccc1CCN1CCNCC1. The fourth-order valence-electron chi connectivity index (χ4n) is 3.05. The van der Waals surface area contributed by atoms with Crippen molar-refractivity contribution in [2.75, 3.05) is 46.4 Å². The Bertz CT molecular complexity index is 411. The van der Waals surface area contributed by atoms with Crippen LogP contribution in [0, 0.1) is 0 Å². The predicted molar refractivity (Wildman–Crippen MR) is 84.4 cm³/mol. The molecule has 1 fully saturated rings. The maximum absolute atomic E-state index is 5.39. The van der Waals surface area contributed by atoms with Gasteiger partial charge in [0, 0.05) is 45.2 Å². The molecule has 1 saturated heterocycles. The summed E-state index contributed by atoms with van der Waals surface area (Å²) < 4.78 is 5.39. The average Bonchev–Trinajstić information content (AvgIpc) is 2.46. The minimum Gasteiger partial charge on any atom is -0.384 e. The molecule has 0 aliphatic carbocycles. The van der Waals surface area contributed by atoms with Gasteiger partial charge in [-0.3, -0.25) is 0 Å². The molecule has 0 spiro atoms. The summed E-state index contributed by atoms with van der Waals surface area (Å²) in [6.45, 7) is 11.0. The molecule has 0 aromatic heterocycles. The summed E-state index contributed by atoms with van der Waals surface area (Å²) in [4.78, 5) is 2.55. The van der Waals surface area contributed by atoms with Crippen LogP contribution in [0.3, 0.4) is 0 Å². The molecule has 20 heavy (non-hydrogen) atoms. The van der Waals surface area contributed by atoms with E-state index in [1.54, 1.807) is 7.11 Å². The normalized spacial score (nSPS) is 17.4. The summed E-state index contributed by atoms with van der Waals surface area (Å²) >= 11 is 0. The van der Waals surface area contributed by atoms with E-state index in [4.69, 9.17) is 4.74 Å². The molecule has 1 aliphatic heterocycles. The third-order valence-electron chi connectivity index (χ3n) is 4.16. The molecule has 0 unspecified atom stereocenters. The molecule has 3 heteroatoms. The molecule has 0 atom stereocenters. The second-order valence-electron chi connectivity index (χ2n) is 6.32.